The summed E-state index contributed by atoms with van der Waals surface area (Å²) in [5, 5.41) is 0.251. The van der Waals surface area contributed by atoms with Gasteiger partial charge in [-0.15, -0.1) is 0 Å². The van der Waals surface area contributed by atoms with Crippen molar-refractivity contribution >= 4 is 40.3 Å². The number of nitrogens with zero attached hydrogens (tertiary/aromatic N) is 4. The van der Waals surface area contributed by atoms with Crippen LogP contribution in [0.25, 0.3) is 11.2 Å². The molecule has 0 spiro atoms. The highest BCUT2D eigenvalue weighted by Crippen LogP contribution is 2.23. The van der Waals surface area contributed by atoms with Crippen molar-refractivity contribution < 1.29 is 9.53 Å². The summed E-state index contributed by atoms with van der Waals surface area (Å²) >= 11 is 11.9. The fourth-order valence-electron chi connectivity index (χ4n) is 2.18. The lowest BCUT2D eigenvalue weighted by Crippen LogP contribution is -2.08. The van der Waals surface area contributed by atoms with Crippen molar-refractivity contribution in [3.05, 3.63) is 52.2 Å². The van der Waals surface area contributed by atoms with Gasteiger partial charge in [0.05, 0.1) is 25.5 Å². The highest BCUT2D eigenvalue weighted by molar-refractivity contribution is 6.35. The first kappa shape index (κ1) is 14.7. The number of hydrogen-bond acceptors (Lipinski definition) is 5. The molecule has 0 N–H and O–H groups in total. The van der Waals surface area contributed by atoms with Crippen LogP contribution in [0.3, 0.4) is 0 Å². The van der Waals surface area contributed by atoms with Gasteiger partial charge in [0.1, 0.15) is 5.52 Å². The number of ether oxygens (including phenoxy) is 1. The number of rotatable bonds is 3. The van der Waals surface area contributed by atoms with Gasteiger partial charge in [0.2, 0.25) is 5.28 Å². The highest BCUT2D eigenvalue weighted by Gasteiger charge is 2.15. The van der Waals surface area contributed by atoms with E-state index in [1.807, 2.05) is 12.1 Å². The van der Waals surface area contributed by atoms with Crippen LogP contribution in [0.1, 0.15) is 15.9 Å². The van der Waals surface area contributed by atoms with E-state index < -0.39 is 5.97 Å². The quantitative estimate of drug-likeness (QED) is 0.417. The van der Waals surface area contributed by atoms with E-state index in [9.17, 15) is 4.79 Å². The lowest BCUT2D eigenvalue weighted by molar-refractivity contribution is 0.0599. The van der Waals surface area contributed by atoms with E-state index in [2.05, 4.69) is 15.0 Å². The van der Waals surface area contributed by atoms with Crippen LogP contribution in [-0.2, 0) is 11.3 Å². The zero-order valence-corrected chi connectivity index (χ0v) is 13.0. The second kappa shape index (κ2) is 5.90. The van der Waals surface area contributed by atoms with Crippen molar-refractivity contribution in [1.29, 1.82) is 0 Å². The summed E-state index contributed by atoms with van der Waals surface area (Å²) in [7, 11) is 1.35. The van der Waals surface area contributed by atoms with Crippen molar-refractivity contribution in [3.8, 4) is 0 Å². The number of imidazole rings is 1. The number of fused-ring (bicyclic) bond motifs is 1. The second-order valence-electron chi connectivity index (χ2n) is 4.48. The van der Waals surface area contributed by atoms with Gasteiger partial charge < -0.3 is 9.30 Å². The molecule has 8 heteroatoms. The van der Waals surface area contributed by atoms with Crippen LogP contribution in [0.15, 0.2) is 30.6 Å². The third-order valence-corrected chi connectivity index (χ3v) is 3.60. The van der Waals surface area contributed by atoms with E-state index in [1.165, 1.54) is 7.11 Å². The normalized spacial score (nSPS) is 10.9. The van der Waals surface area contributed by atoms with Crippen LogP contribution in [-0.4, -0.2) is 32.6 Å². The molecule has 0 bridgehead atoms. The molecule has 2 aromatic heterocycles. The molecule has 2 heterocycles. The summed E-state index contributed by atoms with van der Waals surface area (Å²) < 4.78 is 6.55. The van der Waals surface area contributed by atoms with Crippen molar-refractivity contribution in [1.82, 2.24) is 19.5 Å². The lowest BCUT2D eigenvalue weighted by atomic mass is 10.1. The third kappa shape index (κ3) is 2.63. The van der Waals surface area contributed by atoms with Gasteiger partial charge in [-0.1, -0.05) is 29.8 Å². The van der Waals surface area contributed by atoms with Gasteiger partial charge in [-0.2, -0.15) is 4.98 Å². The number of methoxy groups -OCH3 is 1. The van der Waals surface area contributed by atoms with Crippen molar-refractivity contribution in [2.24, 2.45) is 0 Å². The van der Waals surface area contributed by atoms with Gasteiger partial charge >= 0.3 is 5.97 Å². The zero-order valence-electron chi connectivity index (χ0n) is 11.5. The number of aromatic nitrogens is 4. The average molecular weight is 337 g/mol. The van der Waals surface area contributed by atoms with Crippen LogP contribution < -0.4 is 0 Å². The Balaban J connectivity index is 2.06. The number of hydrogen-bond donors (Lipinski definition) is 0. The molecular weight excluding hydrogens is 327 g/mol. The summed E-state index contributed by atoms with van der Waals surface area (Å²) in [5.41, 5.74) is 2.23. The minimum Gasteiger partial charge on any atom is -0.465 e. The predicted octanol–water partition coefficient (Wildman–Crippen LogP) is 2.97. The molecule has 22 heavy (non-hydrogen) atoms. The minimum atomic E-state index is -0.398. The zero-order chi connectivity index (χ0) is 15.7. The first-order chi connectivity index (χ1) is 10.6. The SMILES string of the molecule is COC(=O)c1ccccc1Cn1cnc2nc(Cl)nc(Cl)c21. The maximum absolute atomic E-state index is 11.8. The van der Waals surface area contributed by atoms with Gasteiger partial charge in [0.15, 0.2) is 10.8 Å². The molecule has 1 aromatic carbocycles. The van der Waals surface area contributed by atoms with Gasteiger partial charge in [-0.25, -0.2) is 14.8 Å². The minimum absolute atomic E-state index is 0.0395. The summed E-state index contributed by atoms with van der Waals surface area (Å²) in [6.07, 6.45) is 1.58. The highest BCUT2D eigenvalue weighted by atomic mass is 35.5. The molecule has 0 saturated heterocycles. The number of halogens is 2. The molecule has 0 unspecified atom stereocenters. The van der Waals surface area contributed by atoms with E-state index in [0.29, 0.717) is 23.3 Å². The molecule has 0 aliphatic rings. The molecule has 6 nitrogen and oxygen atoms in total. The van der Waals surface area contributed by atoms with E-state index in [0.717, 1.165) is 5.56 Å². The Kier molecular flexibility index (Phi) is 3.96. The monoisotopic (exact) mass is 336 g/mol. The fraction of sp³-hybridized carbons (Fsp3) is 0.143. The molecule has 0 fully saturated rings. The van der Waals surface area contributed by atoms with Crippen LogP contribution in [0.4, 0.5) is 0 Å². The van der Waals surface area contributed by atoms with Crippen molar-refractivity contribution in [2.75, 3.05) is 7.11 Å². The maximum Gasteiger partial charge on any atom is 0.338 e. The number of carbonyl (C=O) groups excluding carboxylic acids is 1. The Morgan fingerprint density at radius 1 is 1.27 bits per heavy atom. The van der Waals surface area contributed by atoms with Gasteiger partial charge in [-0.05, 0) is 23.2 Å². The summed E-state index contributed by atoms with van der Waals surface area (Å²) in [5.74, 6) is -0.398. The standard InChI is InChI=1S/C14H10Cl2N4O2/c1-22-13(21)9-5-3-2-4-8(9)6-20-7-17-12-10(20)11(15)18-14(16)19-12/h2-5,7H,6H2,1H3. The summed E-state index contributed by atoms with van der Waals surface area (Å²) in [6.45, 7) is 0.381. The van der Waals surface area contributed by atoms with Crippen LogP contribution in [0.2, 0.25) is 10.4 Å². The Bertz CT molecular complexity index is 863. The first-order valence-electron chi connectivity index (χ1n) is 6.30. The molecule has 3 aromatic rings. The number of carbonyl (C=O) groups is 1. The van der Waals surface area contributed by atoms with E-state index >= 15 is 0 Å². The third-order valence-electron chi connectivity index (χ3n) is 3.17. The van der Waals surface area contributed by atoms with E-state index in [1.54, 1.807) is 23.0 Å². The van der Waals surface area contributed by atoms with Gasteiger partial charge in [-0.3, -0.25) is 0 Å². The Morgan fingerprint density at radius 3 is 2.82 bits per heavy atom. The topological polar surface area (TPSA) is 69.9 Å². The molecule has 0 aliphatic heterocycles. The number of esters is 1. The van der Waals surface area contributed by atoms with Gasteiger partial charge in [0, 0.05) is 0 Å². The van der Waals surface area contributed by atoms with Crippen molar-refractivity contribution in [2.45, 2.75) is 6.54 Å². The second-order valence-corrected chi connectivity index (χ2v) is 5.17. The molecular formula is C14H10Cl2N4O2. The molecule has 0 atom stereocenters. The molecule has 0 saturated carbocycles. The Hall–Kier alpha value is -2.18. The molecule has 3 rings (SSSR count). The van der Waals surface area contributed by atoms with E-state index in [-0.39, 0.29) is 10.4 Å². The van der Waals surface area contributed by atoms with Crippen LogP contribution in [0.5, 0.6) is 0 Å². The largest absolute Gasteiger partial charge is 0.465 e. The smallest absolute Gasteiger partial charge is 0.338 e. The Labute approximate surface area is 135 Å². The fourth-order valence-corrected chi connectivity index (χ4v) is 2.66. The lowest BCUT2D eigenvalue weighted by Gasteiger charge is -2.09. The molecule has 0 aliphatic carbocycles. The predicted molar refractivity (Wildman–Crippen MR) is 82.2 cm³/mol. The van der Waals surface area contributed by atoms with Crippen LogP contribution in [0, 0.1) is 0 Å². The number of benzene rings is 1. The van der Waals surface area contributed by atoms with Crippen molar-refractivity contribution in [3.63, 3.8) is 0 Å². The average Bonchev–Trinajstić information content (AvgIpc) is 2.90. The molecule has 0 radical (unpaired) electrons. The maximum atomic E-state index is 11.8. The molecule has 112 valence electrons. The first-order valence-corrected chi connectivity index (χ1v) is 7.06. The van der Waals surface area contributed by atoms with E-state index in [4.69, 9.17) is 27.9 Å². The summed E-state index contributed by atoms with van der Waals surface area (Å²) in [6, 6.07) is 7.16. The Morgan fingerprint density at radius 2 is 2.05 bits per heavy atom. The van der Waals surface area contributed by atoms with Crippen LogP contribution >= 0.6 is 23.2 Å². The van der Waals surface area contributed by atoms with Gasteiger partial charge in [0.25, 0.3) is 0 Å². The molecule has 0 amide bonds. The summed E-state index contributed by atoms with van der Waals surface area (Å²) in [4.78, 5) is 23.9.